The van der Waals surface area contributed by atoms with Crippen LogP contribution in [0.15, 0.2) is 77.6 Å². The fourth-order valence-corrected chi connectivity index (χ4v) is 4.32. The quantitative estimate of drug-likeness (QED) is 0.409. The molecule has 9 heteroatoms. The molecule has 0 aliphatic carbocycles. The summed E-state index contributed by atoms with van der Waals surface area (Å²) in [5.74, 6) is -0.671. The number of carbonyl (C=O) groups excluding carboxylic acids is 2. The van der Waals surface area contributed by atoms with Crippen molar-refractivity contribution in [2.24, 2.45) is 0 Å². The molecule has 0 saturated carbocycles. The van der Waals surface area contributed by atoms with Crippen LogP contribution in [0.4, 0.5) is 0 Å². The van der Waals surface area contributed by atoms with Gasteiger partial charge < -0.3 is 10.6 Å². The molecule has 0 spiro atoms. The van der Waals surface area contributed by atoms with Crippen molar-refractivity contribution < 1.29 is 9.59 Å². The van der Waals surface area contributed by atoms with Gasteiger partial charge in [-0.3, -0.25) is 14.4 Å². The second-order valence-electron chi connectivity index (χ2n) is 7.48. The number of hydrogen-bond donors (Lipinski definition) is 2. The first-order valence-corrected chi connectivity index (χ1v) is 11.5. The third-order valence-electron chi connectivity index (χ3n) is 5.01. The molecule has 2 aromatic carbocycles. The molecule has 0 unspecified atom stereocenters. The first-order valence-electron chi connectivity index (χ1n) is 10.7. The molecular formula is C25H23N5O3S. The van der Waals surface area contributed by atoms with Crippen LogP contribution in [0.5, 0.6) is 0 Å². The third kappa shape index (κ3) is 5.62. The number of amides is 2. The molecule has 0 saturated heterocycles. The number of thiazole rings is 1. The van der Waals surface area contributed by atoms with Crippen LogP contribution in [0.1, 0.15) is 16.1 Å². The van der Waals surface area contributed by atoms with Gasteiger partial charge in [0.15, 0.2) is 0 Å². The first kappa shape index (κ1) is 23.1. The van der Waals surface area contributed by atoms with Crippen LogP contribution in [0.25, 0.3) is 21.1 Å². The van der Waals surface area contributed by atoms with Gasteiger partial charge in [0.1, 0.15) is 10.7 Å². The number of benzene rings is 2. The molecule has 0 bridgehead atoms. The van der Waals surface area contributed by atoms with E-state index in [4.69, 9.17) is 0 Å². The number of nitrogens with zero attached hydrogens (tertiary/aromatic N) is 3. The van der Waals surface area contributed by atoms with Crippen molar-refractivity contribution in [3.05, 3.63) is 94.4 Å². The maximum Gasteiger partial charge on any atom is 0.266 e. The molecular weight excluding hydrogens is 450 g/mol. The average Bonchev–Trinajstić information content (AvgIpc) is 3.26. The minimum atomic E-state index is -0.348. The van der Waals surface area contributed by atoms with Crippen LogP contribution < -0.4 is 16.2 Å². The van der Waals surface area contributed by atoms with Crippen molar-refractivity contribution in [1.29, 1.82) is 0 Å². The third-order valence-corrected chi connectivity index (χ3v) is 6.24. The summed E-state index contributed by atoms with van der Waals surface area (Å²) in [5.41, 5.74) is 2.73. The Morgan fingerprint density at radius 1 is 0.941 bits per heavy atom. The molecule has 2 amide bonds. The molecule has 2 heterocycles. The lowest BCUT2D eigenvalue weighted by Crippen LogP contribution is -2.39. The molecule has 2 aromatic heterocycles. The molecule has 0 aliphatic rings. The summed E-state index contributed by atoms with van der Waals surface area (Å²) in [6.45, 7) is 2.17. The number of nitrogens with one attached hydrogen (secondary N) is 2. The van der Waals surface area contributed by atoms with Gasteiger partial charge in [0, 0.05) is 23.7 Å². The van der Waals surface area contributed by atoms with Crippen LogP contribution in [0.2, 0.25) is 0 Å². The van der Waals surface area contributed by atoms with Crippen LogP contribution in [-0.4, -0.2) is 39.7 Å². The van der Waals surface area contributed by atoms with Gasteiger partial charge in [-0.25, -0.2) is 9.67 Å². The van der Waals surface area contributed by atoms with Gasteiger partial charge in [-0.05, 0) is 25.1 Å². The molecule has 0 atom stereocenters. The molecule has 4 rings (SSSR count). The summed E-state index contributed by atoms with van der Waals surface area (Å²) < 4.78 is 1.32. The highest BCUT2D eigenvalue weighted by atomic mass is 32.1. The van der Waals surface area contributed by atoms with E-state index >= 15 is 0 Å². The van der Waals surface area contributed by atoms with E-state index < -0.39 is 0 Å². The van der Waals surface area contributed by atoms with Gasteiger partial charge >= 0.3 is 0 Å². The van der Waals surface area contributed by atoms with Crippen molar-refractivity contribution in [1.82, 2.24) is 25.4 Å². The lowest BCUT2D eigenvalue weighted by molar-refractivity contribution is -0.120. The number of hydrogen-bond acceptors (Lipinski definition) is 6. The smallest absolute Gasteiger partial charge is 0.266 e. The summed E-state index contributed by atoms with van der Waals surface area (Å²) in [6.07, 6.45) is 0. The minimum Gasteiger partial charge on any atom is -0.353 e. The highest BCUT2D eigenvalue weighted by molar-refractivity contribution is 7.18. The fourth-order valence-electron chi connectivity index (χ4n) is 3.28. The monoisotopic (exact) mass is 473 g/mol. The standard InChI is InChI=1S/C25H23N5O3S/c1-17-23(34-25(28-17)19-10-6-3-7-11-19)20-12-13-22(32)30(29-20)15-14-26-21(31)16-27-24(33)18-8-4-2-5-9-18/h2-13H,14-16H2,1H3,(H,26,31)(H,27,33). The molecule has 172 valence electrons. The van der Waals surface area contributed by atoms with Crippen molar-refractivity contribution >= 4 is 23.2 Å². The Morgan fingerprint density at radius 2 is 1.65 bits per heavy atom. The van der Waals surface area contributed by atoms with Crippen LogP contribution in [0, 0.1) is 6.92 Å². The molecule has 0 fully saturated rings. The number of carbonyl (C=O) groups is 2. The van der Waals surface area contributed by atoms with E-state index in [1.165, 1.54) is 22.1 Å². The molecule has 0 radical (unpaired) electrons. The SMILES string of the molecule is Cc1nc(-c2ccccc2)sc1-c1ccc(=O)n(CCNC(=O)CNC(=O)c2ccccc2)n1. The van der Waals surface area contributed by atoms with Crippen molar-refractivity contribution in [2.75, 3.05) is 13.1 Å². The summed E-state index contributed by atoms with van der Waals surface area (Å²) in [6, 6.07) is 21.7. The lowest BCUT2D eigenvalue weighted by atomic mass is 10.2. The Morgan fingerprint density at radius 3 is 2.38 bits per heavy atom. The van der Waals surface area contributed by atoms with Gasteiger partial charge in [0.05, 0.1) is 23.7 Å². The molecule has 4 aromatic rings. The van der Waals surface area contributed by atoms with Crippen LogP contribution in [-0.2, 0) is 11.3 Å². The molecule has 34 heavy (non-hydrogen) atoms. The summed E-state index contributed by atoms with van der Waals surface area (Å²) in [4.78, 5) is 41.9. The zero-order valence-corrected chi connectivity index (χ0v) is 19.3. The van der Waals surface area contributed by atoms with Crippen molar-refractivity contribution in [3.8, 4) is 21.1 Å². The topological polar surface area (TPSA) is 106 Å². The Hall–Kier alpha value is -4.11. The van der Waals surface area contributed by atoms with Crippen LogP contribution in [0.3, 0.4) is 0 Å². The van der Waals surface area contributed by atoms with Gasteiger partial charge in [-0.2, -0.15) is 5.10 Å². The molecule has 8 nitrogen and oxygen atoms in total. The first-order chi connectivity index (χ1) is 16.5. The Bertz CT molecular complexity index is 1350. The predicted molar refractivity (Wildman–Crippen MR) is 132 cm³/mol. The second-order valence-corrected chi connectivity index (χ2v) is 8.48. The number of rotatable bonds is 8. The predicted octanol–water partition coefficient (Wildman–Crippen LogP) is 2.89. The zero-order chi connectivity index (χ0) is 23.9. The molecule has 2 N–H and O–H groups in total. The van der Waals surface area contributed by atoms with E-state index in [2.05, 4.69) is 20.7 Å². The maximum atomic E-state index is 12.3. The van der Waals surface area contributed by atoms with E-state index in [1.54, 1.807) is 30.3 Å². The highest BCUT2D eigenvalue weighted by Crippen LogP contribution is 2.33. The lowest BCUT2D eigenvalue weighted by Gasteiger charge is -2.09. The van der Waals surface area contributed by atoms with E-state index in [1.807, 2.05) is 43.3 Å². The fraction of sp³-hybridized carbons (Fsp3) is 0.160. The Kier molecular flexibility index (Phi) is 7.24. The van der Waals surface area contributed by atoms with Gasteiger partial charge in [0.25, 0.3) is 11.5 Å². The second kappa shape index (κ2) is 10.7. The van der Waals surface area contributed by atoms with E-state index in [0.29, 0.717) is 11.3 Å². The largest absolute Gasteiger partial charge is 0.353 e. The van der Waals surface area contributed by atoms with Gasteiger partial charge in [-0.1, -0.05) is 48.5 Å². The van der Waals surface area contributed by atoms with E-state index in [9.17, 15) is 14.4 Å². The maximum absolute atomic E-state index is 12.3. The van der Waals surface area contributed by atoms with Gasteiger partial charge in [0.2, 0.25) is 5.91 Å². The Labute approximate surface area is 200 Å². The Balaban J connectivity index is 1.36. The number of aryl methyl sites for hydroxylation is 1. The average molecular weight is 474 g/mol. The minimum absolute atomic E-state index is 0.154. The van der Waals surface area contributed by atoms with E-state index in [0.717, 1.165) is 21.1 Å². The van der Waals surface area contributed by atoms with Crippen LogP contribution >= 0.6 is 11.3 Å². The number of aromatic nitrogens is 3. The normalized spacial score (nSPS) is 10.6. The van der Waals surface area contributed by atoms with E-state index in [-0.39, 0.29) is 37.0 Å². The zero-order valence-electron chi connectivity index (χ0n) is 18.5. The summed E-state index contributed by atoms with van der Waals surface area (Å²) >= 11 is 1.52. The summed E-state index contributed by atoms with van der Waals surface area (Å²) in [5, 5.41) is 10.6. The van der Waals surface area contributed by atoms with Gasteiger partial charge in [-0.15, -0.1) is 11.3 Å². The summed E-state index contributed by atoms with van der Waals surface area (Å²) in [7, 11) is 0. The highest BCUT2D eigenvalue weighted by Gasteiger charge is 2.14. The van der Waals surface area contributed by atoms with Crippen molar-refractivity contribution in [3.63, 3.8) is 0 Å². The van der Waals surface area contributed by atoms with Crippen molar-refractivity contribution in [2.45, 2.75) is 13.5 Å². The molecule has 0 aliphatic heterocycles.